The first-order chi connectivity index (χ1) is 13.3. The average Bonchev–Trinajstić information content (AvgIpc) is 3.42. The highest BCUT2D eigenvalue weighted by atomic mass is 32.2. The van der Waals surface area contributed by atoms with Gasteiger partial charge in [-0.05, 0) is 36.4 Å². The lowest BCUT2D eigenvalue weighted by molar-refractivity contribution is 0.447. The third-order valence-electron chi connectivity index (χ3n) is 3.92. The largest absolute Gasteiger partial charge is 0.459 e. The molecule has 1 aromatic carbocycles. The Morgan fingerprint density at radius 1 is 1.00 bits per heavy atom. The predicted octanol–water partition coefficient (Wildman–Crippen LogP) is 5.46. The van der Waals surface area contributed by atoms with Gasteiger partial charge in [0.15, 0.2) is 5.76 Å². The molecular weight excluding hydrogens is 380 g/mol. The molecule has 27 heavy (non-hydrogen) atoms. The molecule has 5 aromatic rings. The van der Waals surface area contributed by atoms with E-state index in [4.69, 9.17) is 8.83 Å². The SMILES string of the molecule is Cc1nc(Sc2nnc(-c3ccco3)o2)c2c(-c3ccccc3)csc2n1. The Kier molecular flexibility index (Phi) is 3.99. The van der Waals surface area contributed by atoms with E-state index in [1.807, 2.05) is 25.1 Å². The lowest BCUT2D eigenvalue weighted by atomic mass is 10.1. The summed E-state index contributed by atoms with van der Waals surface area (Å²) >= 11 is 2.94. The average molecular weight is 392 g/mol. The fraction of sp³-hybridized carbons (Fsp3) is 0.0526. The van der Waals surface area contributed by atoms with Crippen LogP contribution >= 0.6 is 23.1 Å². The van der Waals surface area contributed by atoms with Crippen LogP contribution in [0.15, 0.2) is 73.2 Å². The minimum atomic E-state index is 0.345. The van der Waals surface area contributed by atoms with E-state index in [9.17, 15) is 0 Å². The molecule has 0 aliphatic heterocycles. The highest BCUT2D eigenvalue weighted by Gasteiger charge is 2.18. The quantitative estimate of drug-likeness (QED) is 0.376. The van der Waals surface area contributed by atoms with Crippen molar-refractivity contribution in [1.82, 2.24) is 20.2 Å². The van der Waals surface area contributed by atoms with Crippen molar-refractivity contribution in [3.8, 4) is 22.8 Å². The van der Waals surface area contributed by atoms with Crippen LogP contribution in [-0.2, 0) is 0 Å². The van der Waals surface area contributed by atoms with Crippen LogP contribution in [0.4, 0.5) is 0 Å². The van der Waals surface area contributed by atoms with Gasteiger partial charge in [-0.3, -0.25) is 0 Å². The first-order valence-corrected chi connectivity index (χ1v) is 9.84. The molecule has 0 spiro atoms. The molecule has 0 amide bonds. The molecule has 0 bridgehead atoms. The van der Waals surface area contributed by atoms with Gasteiger partial charge in [0.2, 0.25) is 0 Å². The summed E-state index contributed by atoms with van der Waals surface area (Å²) < 4.78 is 11.0. The van der Waals surface area contributed by atoms with Gasteiger partial charge in [-0.2, -0.15) is 0 Å². The lowest BCUT2D eigenvalue weighted by Gasteiger charge is -2.04. The number of thiophene rings is 1. The molecule has 8 heteroatoms. The van der Waals surface area contributed by atoms with Gasteiger partial charge >= 0.3 is 0 Å². The van der Waals surface area contributed by atoms with Crippen molar-refractivity contribution in [2.45, 2.75) is 17.2 Å². The van der Waals surface area contributed by atoms with Crippen LogP contribution in [0.1, 0.15) is 5.82 Å². The Bertz CT molecular complexity index is 1210. The third-order valence-corrected chi connectivity index (χ3v) is 5.62. The summed E-state index contributed by atoms with van der Waals surface area (Å²) in [7, 11) is 0. The Morgan fingerprint density at radius 2 is 1.89 bits per heavy atom. The predicted molar refractivity (Wildman–Crippen MR) is 104 cm³/mol. The van der Waals surface area contributed by atoms with E-state index >= 15 is 0 Å². The maximum atomic E-state index is 5.73. The molecule has 132 valence electrons. The second-order valence-corrected chi connectivity index (χ2v) is 7.52. The molecule has 4 aromatic heterocycles. The maximum absolute atomic E-state index is 5.73. The van der Waals surface area contributed by atoms with Gasteiger partial charge in [-0.1, -0.05) is 30.3 Å². The minimum absolute atomic E-state index is 0.345. The highest BCUT2D eigenvalue weighted by molar-refractivity contribution is 7.99. The summed E-state index contributed by atoms with van der Waals surface area (Å²) in [6.45, 7) is 1.88. The molecule has 4 heterocycles. The Morgan fingerprint density at radius 3 is 2.70 bits per heavy atom. The minimum Gasteiger partial charge on any atom is -0.459 e. The van der Waals surface area contributed by atoms with Crippen molar-refractivity contribution < 1.29 is 8.83 Å². The zero-order valence-electron chi connectivity index (χ0n) is 14.1. The van der Waals surface area contributed by atoms with E-state index in [2.05, 4.69) is 37.7 Å². The molecule has 0 unspecified atom stereocenters. The van der Waals surface area contributed by atoms with Crippen molar-refractivity contribution in [3.05, 3.63) is 59.9 Å². The molecule has 6 nitrogen and oxygen atoms in total. The number of hydrogen-bond acceptors (Lipinski definition) is 8. The second kappa shape index (κ2) is 6.64. The summed E-state index contributed by atoms with van der Waals surface area (Å²) in [5.74, 6) is 1.59. The lowest BCUT2D eigenvalue weighted by Crippen LogP contribution is -1.91. The summed E-state index contributed by atoms with van der Waals surface area (Å²) in [6, 6.07) is 13.8. The van der Waals surface area contributed by atoms with Crippen LogP contribution in [0.5, 0.6) is 0 Å². The van der Waals surface area contributed by atoms with Gasteiger partial charge in [0.25, 0.3) is 11.1 Å². The van der Waals surface area contributed by atoms with Crippen LogP contribution in [0.3, 0.4) is 0 Å². The van der Waals surface area contributed by atoms with Crippen LogP contribution in [0.2, 0.25) is 0 Å². The Hall–Kier alpha value is -2.97. The molecule has 0 saturated carbocycles. The van der Waals surface area contributed by atoms with E-state index in [1.165, 1.54) is 11.8 Å². The fourth-order valence-corrected chi connectivity index (χ4v) is 4.66. The van der Waals surface area contributed by atoms with Crippen molar-refractivity contribution in [3.63, 3.8) is 0 Å². The molecular formula is C19H12N4O2S2. The molecule has 0 atom stereocenters. The van der Waals surface area contributed by atoms with E-state index in [0.29, 0.717) is 22.7 Å². The number of aromatic nitrogens is 4. The highest BCUT2D eigenvalue weighted by Crippen LogP contribution is 2.40. The normalized spacial score (nSPS) is 11.3. The summed E-state index contributed by atoms with van der Waals surface area (Å²) in [6.07, 6.45) is 1.57. The molecule has 0 radical (unpaired) electrons. The number of benzene rings is 1. The van der Waals surface area contributed by atoms with E-state index in [-0.39, 0.29) is 0 Å². The molecule has 0 fully saturated rings. The van der Waals surface area contributed by atoms with Crippen LogP contribution in [0.25, 0.3) is 33.0 Å². The van der Waals surface area contributed by atoms with Crippen molar-refractivity contribution in [2.24, 2.45) is 0 Å². The smallest absolute Gasteiger partial charge is 0.284 e. The topological polar surface area (TPSA) is 77.8 Å². The van der Waals surface area contributed by atoms with Gasteiger partial charge in [-0.25, -0.2) is 9.97 Å². The van der Waals surface area contributed by atoms with E-state index in [0.717, 1.165) is 26.4 Å². The van der Waals surface area contributed by atoms with Gasteiger partial charge in [0, 0.05) is 10.9 Å². The van der Waals surface area contributed by atoms with E-state index < -0.39 is 0 Å². The van der Waals surface area contributed by atoms with Gasteiger partial charge < -0.3 is 8.83 Å². The molecule has 0 aliphatic carbocycles. The number of aryl methyl sites for hydroxylation is 1. The Labute approximate surface area is 162 Å². The van der Waals surface area contributed by atoms with Crippen molar-refractivity contribution in [2.75, 3.05) is 0 Å². The summed E-state index contributed by atoms with van der Waals surface area (Å²) in [5.41, 5.74) is 2.23. The monoisotopic (exact) mass is 392 g/mol. The molecule has 5 rings (SSSR count). The standard InChI is InChI=1S/C19H12N4O2S2/c1-11-20-17-15(13(10-26-17)12-6-3-2-4-7-12)18(21-11)27-19-23-22-16(25-19)14-8-5-9-24-14/h2-10H,1H3. The second-order valence-electron chi connectivity index (χ2n) is 5.72. The van der Waals surface area contributed by atoms with Gasteiger partial charge in [-0.15, -0.1) is 21.5 Å². The van der Waals surface area contributed by atoms with E-state index in [1.54, 1.807) is 29.7 Å². The maximum Gasteiger partial charge on any atom is 0.284 e. The Balaban J connectivity index is 1.59. The number of fused-ring (bicyclic) bond motifs is 1. The first kappa shape index (κ1) is 16.2. The van der Waals surface area contributed by atoms with Crippen LogP contribution in [-0.4, -0.2) is 20.2 Å². The molecule has 0 aliphatic rings. The third kappa shape index (κ3) is 3.02. The molecule has 0 N–H and O–H groups in total. The van der Waals surface area contributed by atoms with Crippen molar-refractivity contribution in [1.29, 1.82) is 0 Å². The van der Waals surface area contributed by atoms with Crippen LogP contribution < -0.4 is 0 Å². The van der Waals surface area contributed by atoms with Gasteiger partial charge in [0.1, 0.15) is 15.7 Å². The first-order valence-electron chi connectivity index (χ1n) is 8.14. The zero-order chi connectivity index (χ0) is 18.2. The number of rotatable bonds is 4. The number of furan rings is 1. The zero-order valence-corrected chi connectivity index (χ0v) is 15.8. The molecule has 0 saturated heterocycles. The van der Waals surface area contributed by atoms with Crippen LogP contribution in [0, 0.1) is 6.92 Å². The fourth-order valence-electron chi connectivity index (χ4n) is 2.75. The number of nitrogens with zero attached hydrogens (tertiary/aromatic N) is 4. The summed E-state index contributed by atoms with van der Waals surface area (Å²) in [4.78, 5) is 10.2. The van der Waals surface area contributed by atoms with Gasteiger partial charge in [0.05, 0.1) is 11.6 Å². The number of hydrogen-bond donors (Lipinski definition) is 0. The summed E-state index contributed by atoms with van der Waals surface area (Å²) in [5, 5.41) is 12.5. The van der Waals surface area contributed by atoms with Crippen molar-refractivity contribution >= 4 is 33.3 Å².